The molecule has 9 heteroatoms. The molecule has 1 aliphatic heterocycles. The van der Waals surface area contributed by atoms with Crippen molar-refractivity contribution in [3.63, 3.8) is 0 Å². The van der Waals surface area contributed by atoms with Gasteiger partial charge in [-0.05, 0) is 24.6 Å². The summed E-state index contributed by atoms with van der Waals surface area (Å²) in [6.45, 7) is 0.136. The van der Waals surface area contributed by atoms with Gasteiger partial charge in [0.2, 0.25) is 5.91 Å². The molecule has 2 aromatic rings. The van der Waals surface area contributed by atoms with Crippen LogP contribution in [0.5, 0.6) is 0 Å². The number of carbonyl (C=O) groups is 2. The Balaban J connectivity index is 1.47. The SMILES string of the molecule is O=C(CCNC(=O)c1ccc(-c2ccccc2F)s1)N[C@@H]1CCS(=O)(=O)C1. The molecule has 0 unspecified atom stereocenters. The molecular weight excluding hydrogens is 391 g/mol. The summed E-state index contributed by atoms with van der Waals surface area (Å²) in [4.78, 5) is 25.1. The number of hydrogen-bond acceptors (Lipinski definition) is 5. The smallest absolute Gasteiger partial charge is 0.261 e. The van der Waals surface area contributed by atoms with Crippen molar-refractivity contribution >= 4 is 33.0 Å². The van der Waals surface area contributed by atoms with E-state index in [-0.39, 0.29) is 48.1 Å². The van der Waals surface area contributed by atoms with Crippen LogP contribution in [-0.4, -0.2) is 44.3 Å². The molecule has 2 heterocycles. The molecule has 0 spiro atoms. The van der Waals surface area contributed by atoms with Gasteiger partial charge >= 0.3 is 0 Å². The average Bonchev–Trinajstić information content (AvgIpc) is 3.22. The number of hydrogen-bond donors (Lipinski definition) is 2. The summed E-state index contributed by atoms with van der Waals surface area (Å²) in [6, 6.07) is 9.30. The lowest BCUT2D eigenvalue weighted by Gasteiger charge is -2.10. The van der Waals surface area contributed by atoms with E-state index in [4.69, 9.17) is 0 Å². The molecule has 0 saturated carbocycles. The zero-order valence-corrected chi connectivity index (χ0v) is 16.0. The van der Waals surface area contributed by atoms with Gasteiger partial charge in [-0.2, -0.15) is 0 Å². The van der Waals surface area contributed by atoms with Crippen LogP contribution in [0.15, 0.2) is 36.4 Å². The van der Waals surface area contributed by atoms with E-state index < -0.39 is 9.84 Å². The van der Waals surface area contributed by atoms with Crippen LogP contribution < -0.4 is 10.6 Å². The Bertz CT molecular complexity index is 956. The quantitative estimate of drug-likeness (QED) is 0.762. The van der Waals surface area contributed by atoms with Gasteiger partial charge < -0.3 is 10.6 Å². The summed E-state index contributed by atoms with van der Waals surface area (Å²) in [5.74, 6) is -0.914. The number of carbonyl (C=O) groups excluding carboxylic acids is 2. The third-order valence-corrected chi connectivity index (χ3v) is 7.09. The zero-order valence-electron chi connectivity index (χ0n) is 14.4. The van der Waals surface area contributed by atoms with Gasteiger partial charge in [0.25, 0.3) is 5.91 Å². The van der Waals surface area contributed by atoms with E-state index in [0.29, 0.717) is 21.7 Å². The van der Waals surface area contributed by atoms with E-state index in [1.807, 2.05) is 0 Å². The van der Waals surface area contributed by atoms with Crippen LogP contribution in [0, 0.1) is 5.82 Å². The highest BCUT2D eigenvalue weighted by molar-refractivity contribution is 7.91. The monoisotopic (exact) mass is 410 g/mol. The molecule has 144 valence electrons. The predicted molar refractivity (Wildman–Crippen MR) is 102 cm³/mol. The number of thiophene rings is 1. The lowest BCUT2D eigenvalue weighted by molar-refractivity contribution is -0.121. The van der Waals surface area contributed by atoms with Crippen LogP contribution >= 0.6 is 11.3 Å². The van der Waals surface area contributed by atoms with Crippen molar-refractivity contribution in [3.8, 4) is 10.4 Å². The fraction of sp³-hybridized carbons (Fsp3) is 0.333. The van der Waals surface area contributed by atoms with E-state index in [9.17, 15) is 22.4 Å². The zero-order chi connectivity index (χ0) is 19.4. The lowest BCUT2D eigenvalue weighted by Crippen LogP contribution is -2.37. The van der Waals surface area contributed by atoms with Crippen molar-refractivity contribution in [3.05, 3.63) is 47.1 Å². The molecule has 6 nitrogen and oxygen atoms in total. The molecule has 0 bridgehead atoms. The molecule has 1 aliphatic rings. The minimum atomic E-state index is -3.04. The van der Waals surface area contributed by atoms with Crippen molar-refractivity contribution < 1.29 is 22.4 Å². The second kappa shape index (κ2) is 8.18. The molecular formula is C18H19FN2O4S2. The average molecular weight is 410 g/mol. The highest BCUT2D eigenvalue weighted by Crippen LogP contribution is 2.29. The largest absolute Gasteiger partial charge is 0.352 e. The molecule has 1 aromatic heterocycles. The molecule has 0 aliphatic carbocycles. The first-order chi connectivity index (χ1) is 12.8. The summed E-state index contributed by atoms with van der Waals surface area (Å²) in [5.41, 5.74) is 0.437. The van der Waals surface area contributed by atoms with Crippen LogP contribution in [0.4, 0.5) is 4.39 Å². The Morgan fingerprint density at radius 3 is 2.67 bits per heavy atom. The van der Waals surface area contributed by atoms with Gasteiger partial charge in [-0.1, -0.05) is 18.2 Å². The highest BCUT2D eigenvalue weighted by Gasteiger charge is 2.28. The first-order valence-electron chi connectivity index (χ1n) is 8.47. The Morgan fingerprint density at radius 2 is 1.96 bits per heavy atom. The van der Waals surface area contributed by atoms with E-state index in [1.165, 1.54) is 17.4 Å². The second-order valence-corrected chi connectivity index (χ2v) is 9.63. The Morgan fingerprint density at radius 1 is 1.19 bits per heavy atom. The molecule has 1 aromatic carbocycles. The van der Waals surface area contributed by atoms with Crippen LogP contribution in [0.25, 0.3) is 10.4 Å². The molecule has 3 rings (SSSR count). The first kappa shape index (κ1) is 19.5. The summed E-state index contributed by atoms with van der Waals surface area (Å²) in [7, 11) is -3.04. The van der Waals surface area contributed by atoms with E-state index in [2.05, 4.69) is 10.6 Å². The number of benzene rings is 1. The Kier molecular flexibility index (Phi) is 5.91. The van der Waals surface area contributed by atoms with Gasteiger partial charge in [0.1, 0.15) is 5.82 Å². The molecule has 1 fully saturated rings. The van der Waals surface area contributed by atoms with Crippen LogP contribution in [0.2, 0.25) is 0 Å². The Hall–Kier alpha value is -2.26. The standard InChI is InChI=1S/C18H19FN2O4S2/c19-14-4-2-1-3-13(14)15-5-6-16(26-15)18(23)20-9-7-17(22)21-12-8-10-27(24,25)11-12/h1-6,12H,7-11H2,(H,20,23)(H,21,22)/t12-/m1/s1. The summed E-state index contributed by atoms with van der Waals surface area (Å²) in [6.07, 6.45) is 0.488. The maximum atomic E-state index is 13.8. The number of rotatable bonds is 6. The topological polar surface area (TPSA) is 92.3 Å². The molecule has 0 radical (unpaired) electrons. The van der Waals surface area contributed by atoms with Gasteiger partial charge in [0.05, 0.1) is 16.4 Å². The van der Waals surface area contributed by atoms with Gasteiger partial charge in [-0.25, -0.2) is 12.8 Å². The van der Waals surface area contributed by atoms with Crippen molar-refractivity contribution in [2.75, 3.05) is 18.1 Å². The van der Waals surface area contributed by atoms with Crippen molar-refractivity contribution in [1.82, 2.24) is 10.6 Å². The third-order valence-electron chi connectivity index (χ3n) is 4.20. The molecule has 2 amide bonds. The van der Waals surface area contributed by atoms with Crippen molar-refractivity contribution in [1.29, 1.82) is 0 Å². The normalized spacial score (nSPS) is 18.2. The van der Waals surface area contributed by atoms with Crippen LogP contribution in [0.1, 0.15) is 22.5 Å². The summed E-state index contributed by atoms with van der Waals surface area (Å²) in [5, 5.41) is 5.32. The second-order valence-electron chi connectivity index (χ2n) is 6.32. The first-order valence-corrected chi connectivity index (χ1v) is 11.1. The highest BCUT2D eigenvalue weighted by atomic mass is 32.2. The number of amides is 2. The van der Waals surface area contributed by atoms with E-state index in [1.54, 1.807) is 30.3 Å². The maximum Gasteiger partial charge on any atom is 0.261 e. The molecule has 27 heavy (non-hydrogen) atoms. The Labute approximate surface area is 160 Å². The fourth-order valence-electron chi connectivity index (χ4n) is 2.85. The van der Waals surface area contributed by atoms with E-state index in [0.717, 1.165) is 0 Å². The summed E-state index contributed by atoms with van der Waals surface area (Å²) < 4.78 is 36.6. The number of halogens is 1. The summed E-state index contributed by atoms with van der Waals surface area (Å²) >= 11 is 1.17. The third kappa shape index (κ3) is 5.14. The molecule has 1 atom stereocenters. The van der Waals surface area contributed by atoms with Gasteiger partial charge in [0.15, 0.2) is 9.84 Å². The minimum absolute atomic E-state index is 0.0287. The van der Waals surface area contributed by atoms with Crippen molar-refractivity contribution in [2.45, 2.75) is 18.9 Å². The lowest BCUT2D eigenvalue weighted by atomic mass is 10.2. The fourth-order valence-corrected chi connectivity index (χ4v) is 5.47. The van der Waals surface area contributed by atoms with Gasteiger partial charge in [-0.15, -0.1) is 11.3 Å². The van der Waals surface area contributed by atoms with Gasteiger partial charge in [0, 0.05) is 29.4 Å². The molecule has 2 N–H and O–H groups in total. The van der Waals surface area contributed by atoms with Crippen molar-refractivity contribution in [2.24, 2.45) is 0 Å². The van der Waals surface area contributed by atoms with E-state index >= 15 is 0 Å². The minimum Gasteiger partial charge on any atom is -0.352 e. The van der Waals surface area contributed by atoms with Crippen LogP contribution in [0.3, 0.4) is 0 Å². The molecule has 1 saturated heterocycles. The van der Waals surface area contributed by atoms with Crippen LogP contribution in [-0.2, 0) is 14.6 Å². The van der Waals surface area contributed by atoms with Gasteiger partial charge in [-0.3, -0.25) is 9.59 Å². The number of nitrogens with one attached hydrogen (secondary N) is 2. The maximum absolute atomic E-state index is 13.8. The number of sulfone groups is 1. The predicted octanol–water partition coefficient (Wildman–Crippen LogP) is 1.98.